The van der Waals surface area contributed by atoms with Crippen molar-refractivity contribution in [3.63, 3.8) is 0 Å². The fourth-order valence-corrected chi connectivity index (χ4v) is 3.39. The maximum absolute atomic E-state index is 13.2. The van der Waals surface area contributed by atoms with Gasteiger partial charge in [0.25, 0.3) is 0 Å². The van der Waals surface area contributed by atoms with Crippen LogP contribution >= 0.6 is 0 Å². The van der Waals surface area contributed by atoms with Gasteiger partial charge in [0.1, 0.15) is 5.82 Å². The zero-order valence-corrected chi connectivity index (χ0v) is 11.2. The largest absolute Gasteiger partial charge is 0.330 e. The van der Waals surface area contributed by atoms with Gasteiger partial charge < -0.3 is 5.73 Å². The Bertz CT molecular complexity index is 585. The monoisotopic (exact) mass is 257 g/mol. The lowest BCUT2D eigenvalue weighted by Gasteiger charge is -2.37. The molecule has 1 fully saturated rings. The van der Waals surface area contributed by atoms with E-state index in [1.165, 1.54) is 43.7 Å². The first-order chi connectivity index (χ1) is 9.23. The van der Waals surface area contributed by atoms with Crippen LogP contribution in [0.4, 0.5) is 4.39 Å². The smallest absolute Gasteiger partial charge is 0.123 e. The normalized spacial score (nSPS) is 18.6. The summed E-state index contributed by atoms with van der Waals surface area (Å²) >= 11 is 0. The van der Waals surface area contributed by atoms with E-state index in [1.807, 2.05) is 12.1 Å². The molecule has 0 amide bonds. The lowest BCUT2D eigenvalue weighted by atomic mass is 9.69. The molecule has 1 nitrogen and oxygen atoms in total. The topological polar surface area (TPSA) is 26.0 Å². The predicted molar refractivity (Wildman–Crippen MR) is 77.7 cm³/mol. The Kier molecular flexibility index (Phi) is 3.28. The number of halogens is 1. The van der Waals surface area contributed by atoms with Crippen molar-refractivity contribution < 1.29 is 4.39 Å². The third-order valence-electron chi connectivity index (χ3n) is 4.62. The van der Waals surface area contributed by atoms with E-state index >= 15 is 0 Å². The van der Waals surface area contributed by atoms with E-state index in [1.54, 1.807) is 6.07 Å². The average Bonchev–Trinajstić information content (AvgIpc) is 2.47. The summed E-state index contributed by atoms with van der Waals surface area (Å²) in [5.41, 5.74) is 7.55. The number of benzene rings is 2. The van der Waals surface area contributed by atoms with Gasteiger partial charge in [-0.2, -0.15) is 0 Å². The zero-order valence-electron chi connectivity index (χ0n) is 11.2. The van der Waals surface area contributed by atoms with Crippen LogP contribution in [0.25, 0.3) is 10.8 Å². The number of nitrogens with two attached hydrogens (primary N) is 1. The molecule has 0 radical (unpaired) electrons. The molecule has 2 heteroatoms. The van der Waals surface area contributed by atoms with Gasteiger partial charge in [0, 0.05) is 12.0 Å². The second kappa shape index (κ2) is 4.93. The molecule has 0 aromatic heterocycles. The summed E-state index contributed by atoms with van der Waals surface area (Å²) in [6.45, 7) is 0.708. The molecule has 0 atom stereocenters. The fraction of sp³-hybridized carbons (Fsp3) is 0.412. The molecule has 0 heterocycles. The van der Waals surface area contributed by atoms with Gasteiger partial charge >= 0.3 is 0 Å². The zero-order chi connectivity index (χ0) is 13.3. The number of hydrogen-bond acceptors (Lipinski definition) is 1. The van der Waals surface area contributed by atoms with Gasteiger partial charge in [-0.15, -0.1) is 0 Å². The summed E-state index contributed by atoms with van der Waals surface area (Å²) in [6, 6.07) is 11.4. The van der Waals surface area contributed by atoms with Crippen LogP contribution in [0.15, 0.2) is 36.4 Å². The molecule has 1 aliphatic carbocycles. The lowest BCUT2D eigenvalue weighted by Crippen LogP contribution is -2.37. The number of rotatable bonds is 2. The van der Waals surface area contributed by atoms with Crippen molar-refractivity contribution in [2.45, 2.75) is 37.5 Å². The van der Waals surface area contributed by atoms with Crippen LogP contribution in [0, 0.1) is 5.82 Å². The minimum Gasteiger partial charge on any atom is -0.330 e. The van der Waals surface area contributed by atoms with E-state index < -0.39 is 0 Å². The molecule has 19 heavy (non-hydrogen) atoms. The van der Waals surface area contributed by atoms with E-state index in [4.69, 9.17) is 5.73 Å². The Hall–Kier alpha value is -1.41. The highest BCUT2D eigenvalue weighted by Gasteiger charge is 2.32. The maximum Gasteiger partial charge on any atom is 0.123 e. The van der Waals surface area contributed by atoms with Crippen molar-refractivity contribution in [1.82, 2.24) is 0 Å². The van der Waals surface area contributed by atoms with Gasteiger partial charge in [-0.05, 0) is 41.3 Å². The highest BCUT2D eigenvalue weighted by atomic mass is 19.1. The van der Waals surface area contributed by atoms with Crippen LogP contribution in [0.2, 0.25) is 0 Å². The Morgan fingerprint density at radius 2 is 1.63 bits per heavy atom. The SMILES string of the molecule is NCC1(c2ccc3cc(F)ccc3c2)CCCCC1. The highest BCUT2D eigenvalue weighted by molar-refractivity contribution is 5.83. The molecule has 2 aromatic rings. The summed E-state index contributed by atoms with van der Waals surface area (Å²) in [4.78, 5) is 0. The summed E-state index contributed by atoms with van der Waals surface area (Å²) in [5.74, 6) is -0.175. The van der Waals surface area contributed by atoms with E-state index in [2.05, 4.69) is 12.1 Å². The molecule has 0 bridgehead atoms. The third kappa shape index (κ3) is 2.25. The Morgan fingerprint density at radius 3 is 2.37 bits per heavy atom. The second-order valence-electron chi connectivity index (χ2n) is 5.75. The molecule has 0 saturated heterocycles. The van der Waals surface area contributed by atoms with Gasteiger partial charge in [0.05, 0.1) is 0 Å². The molecule has 1 saturated carbocycles. The molecule has 0 aliphatic heterocycles. The van der Waals surface area contributed by atoms with Crippen LogP contribution in [-0.2, 0) is 5.41 Å². The van der Waals surface area contributed by atoms with E-state index in [-0.39, 0.29) is 11.2 Å². The van der Waals surface area contributed by atoms with Gasteiger partial charge in [-0.25, -0.2) is 4.39 Å². The second-order valence-corrected chi connectivity index (χ2v) is 5.75. The van der Waals surface area contributed by atoms with Gasteiger partial charge in [0.15, 0.2) is 0 Å². The van der Waals surface area contributed by atoms with Crippen molar-refractivity contribution in [2.24, 2.45) is 5.73 Å². The van der Waals surface area contributed by atoms with Crippen LogP contribution in [0.3, 0.4) is 0 Å². The van der Waals surface area contributed by atoms with E-state index in [0.717, 1.165) is 10.8 Å². The molecule has 0 unspecified atom stereocenters. The van der Waals surface area contributed by atoms with Crippen molar-refractivity contribution in [3.8, 4) is 0 Å². The quantitative estimate of drug-likeness (QED) is 0.859. The van der Waals surface area contributed by atoms with E-state index in [0.29, 0.717) is 6.54 Å². The van der Waals surface area contributed by atoms with Crippen molar-refractivity contribution in [1.29, 1.82) is 0 Å². The van der Waals surface area contributed by atoms with Crippen LogP contribution in [-0.4, -0.2) is 6.54 Å². The molecule has 100 valence electrons. The standard InChI is InChI=1S/C17H20FN/c18-16-7-5-13-10-15(6-4-14(13)11-16)17(12-19)8-2-1-3-9-17/h4-7,10-11H,1-3,8-9,12,19H2. The Balaban J connectivity index is 2.06. The molecule has 1 aliphatic rings. The molecule has 2 N–H and O–H groups in total. The van der Waals surface area contributed by atoms with Crippen LogP contribution in [0.5, 0.6) is 0 Å². The molecular formula is C17H20FN. The number of hydrogen-bond donors (Lipinski definition) is 1. The fourth-order valence-electron chi connectivity index (χ4n) is 3.39. The first-order valence-electron chi connectivity index (χ1n) is 7.13. The van der Waals surface area contributed by atoms with Gasteiger partial charge in [0.2, 0.25) is 0 Å². The van der Waals surface area contributed by atoms with Crippen molar-refractivity contribution in [3.05, 3.63) is 47.8 Å². The van der Waals surface area contributed by atoms with Crippen molar-refractivity contribution >= 4 is 10.8 Å². The summed E-state index contributed by atoms with van der Waals surface area (Å²) < 4.78 is 13.2. The van der Waals surface area contributed by atoms with Gasteiger partial charge in [-0.1, -0.05) is 43.5 Å². The summed E-state index contributed by atoms with van der Waals surface area (Å²) in [7, 11) is 0. The Labute approximate surface area is 113 Å². The van der Waals surface area contributed by atoms with Crippen molar-refractivity contribution in [2.75, 3.05) is 6.54 Å². The minimum atomic E-state index is -0.175. The van der Waals surface area contributed by atoms with Crippen LogP contribution < -0.4 is 5.73 Å². The molecule has 3 rings (SSSR count). The summed E-state index contributed by atoms with van der Waals surface area (Å²) in [6.07, 6.45) is 6.20. The molecule has 2 aromatic carbocycles. The minimum absolute atomic E-state index is 0.140. The first kappa shape index (κ1) is 12.6. The average molecular weight is 257 g/mol. The Morgan fingerprint density at radius 1 is 0.947 bits per heavy atom. The van der Waals surface area contributed by atoms with E-state index in [9.17, 15) is 4.39 Å². The number of fused-ring (bicyclic) bond motifs is 1. The first-order valence-corrected chi connectivity index (χ1v) is 7.13. The lowest BCUT2D eigenvalue weighted by molar-refractivity contribution is 0.301. The third-order valence-corrected chi connectivity index (χ3v) is 4.62. The molecular weight excluding hydrogens is 237 g/mol. The van der Waals surface area contributed by atoms with Gasteiger partial charge in [-0.3, -0.25) is 0 Å². The summed E-state index contributed by atoms with van der Waals surface area (Å²) in [5, 5.41) is 2.07. The highest BCUT2D eigenvalue weighted by Crippen LogP contribution is 2.39. The molecule has 0 spiro atoms. The van der Waals surface area contributed by atoms with Crippen LogP contribution in [0.1, 0.15) is 37.7 Å². The maximum atomic E-state index is 13.2. The predicted octanol–water partition coefficient (Wildman–Crippen LogP) is 4.14.